The van der Waals surface area contributed by atoms with Gasteiger partial charge in [-0.1, -0.05) is 18.7 Å². The Morgan fingerprint density at radius 1 is 1.37 bits per heavy atom. The Morgan fingerprint density at radius 3 is 2.78 bits per heavy atom. The van der Waals surface area contributed by atoms with Crippen molar-refractivity contribution in [1.82, 2.24) is 10.2 Å². The number of amides is 3. The van der Waals surface area contributed by atoms with Crippen molar-refractivity contribution in [3.63, 3.8) is 0 Å². The SMILES string of the molecule is C=CCOc1ccc(/C=C/C(=O)O[C@@H](C)C(=O)N2CCNC2=O)cc1OC. The van der Waals surface area contributed by atoms with Gasteiger partial charge < -0.3 is 19.5 Å². The van der Waals surface area contributed by atoms with E-state index in [4.69, 9.17) is 14.2 Å². The number of hydrogen-bond donors (Lipinski definition) is 1. The van der Waals surface area contributed by atoms with E-state index in [1.165, 1.54) is 26.2 Å². The first-order valence-corrected chi connectivity index (χ1v) is 8.36. The Kier molecular flexibility index (Phi) is 6.99. The number of carbonyl (C=O) groups is 3. The number of ether oxygens (including phenoxy) is 3. The molecule has 3 amide bonds. The first-order chi connectivity index (χ1) is 13.0. The Hall–Kier alpha value is -3.29. The summed E-state index contributed by atoms with van der Waals surface area (Å²) in [6.45, 7) is 6.00. The second-order valence-corrected chi connectivity index (χ2v) is 5.64. The number of nitrogens with one attached hydrogen (secondary N) is 1. The van der Waals surface area contributed by atoms with Crippen molar-refractivity contribution in [2.24, 2.45) is 0 Å². The summed E-state index contributed by atoms with van der Waals surface area (Å²) in [4.78, 5) is 36.5. The number of methoxy groups -OCH3 is 1. The molecule has 1 saturated heterocycles. The molecule has 8 nitrogen and oxygen atoms in total. The minimum absolute atomic E-state index is 0.259. The minimum atomic E-state index is -1.06. The van der Waals surface area contributed by atoms with E-state index in [1.54, 1.807) is 24.3 Å². The van der Waals surface area contributed by atoms with E-state index < -0.39 is 24.0 Å². The normalized spacial score (nSPS) is 14.6. The summed E-state index contributed by atoms with van der Waals surface area (Å²) < 4.78 is 15.8. The quantitative estimate of drug-likeness (QED) is 0.423. The molecule has 0 radical (unpaired) electrons. The number of carbonyl (C=O) groups excluding carboxylic acids is 3. The van der Waals surface area contributed by atoms with Gasteiger partial charge in [0.15, 0.2) is 17.6 Å². The third-order valence-electron chi connectivity index (χ3n) is 3.72. The van der Waals surface area contributed by atoms with Gasteiger partial charge in [0.1, 0.15) is 6.61 Å². The molecule has 144 valence electrons. The van der Waals surface area contributed by atoms with Crippen LogP contribution in [-0.4, -0.2) is 55.7 Å². The summed E-state index contributed by atoms with van der Waals surface area (Å²) in [6, 6.07) is 4.68. The maximum atomic E-state index is 12.1. The third kappa shape index (κ3) is 5.34. The van der Waals surface area contributed by atoms with Crippen LogP contribution in [0.3, 0.4) is 0 Å². The van der Waals surface area contributed by atoms with Crippen molar-refractivity contribution in [3.8, 4) is 11.5 Å². The fourth-order valence-electron chi connectivity index (χ4n) is 2.39. The van der Waals surface area contributed by atoms with Crippen molar-refractivity contribution >= 4 is 24.0 Å². The van der Waals surface area contributed by atoms with Crippen LogP contribution in [-0.2, 0) is 14.3 Å². The highest BCUT2D eigenvalue weighted by Gasteiger charge is 2.31. The Labute approximate surface area is 157 Å². The van der Waals surface area contributed by atoms with E-state index in [2.05, 4.69) is 11.9 Å². The molecule has 1 fully saturated rings. The molecular weight excluding hydrogens is 352 g/mol. The monoisotopic (exact) mass is 374 g/mol. The van der Waals surface area contributed by atoms with E-state index in [0.29, 0.717) is 30.2 Å². The molecule has 1 aromatic carbocycles. The van der Waals surface area contributed by atoms with Gasteiger partial charge in [0.05, 0.1) is 7.11 Å². The topological polar surface area (TPSA) is 94.2 Å². The van der Waals surface area contributed by atoms with Gasteiger partial charge >= 0.3 is 12.0 Å². The number of nitrogens with zero attached hydrogens (tertiary/aromatic N) is 1. The lowest BCUT2D eigenvalue weighted by molar-refractivity contribution is -0.153. The molecule has 0 unspecified atom stereocenters. The average molecular weight is 374 g/mol. The maximum Gasteiger partial charge on any atom is 0.331 e. The summed E-state index contributed by atoms with van der Waals surface area (Å²) in [5, 5.41) is 2.52. The van der Waals surface area contributed by atoms with E-state index in [1.807, 2.05) is 0 Å². The Bertz CT molecular complexity index is 759. The van der Waals surface area contributed by atoms with Gasteiger partial charge in [0.2, 0.25) is 0 Å². The van der Waals surface area contributed by atoms with Crippen LogP contribution < -0.4 is 14.8 Å². The van der Waals surface area contributed by atoms with Gasteiger partial charge in [-0.15, -0.1) is 0 Å². The maximum absolute atomic E-state index is 12.1. The van der Waals surface area contributed by atoms with Crippen LogP contribution in [0.4, 0.5) is 4.79 Å². The minimum Gasteiger partial charge on any atom is -0.493 e. The molecule has 0 saturated carbocycles. The lowest BCUT2D eigenvalue weighted by atomic mass is 10.2. The molecule has 1 aliphatic rings. The van der Waals surface area contributed by atoms with Crippen molar-refractivity contribution in [2.45, 2.75) is 13.0 Å². The zero-order valence-corrected chi connectivity index (χ0v) is 15.3. The van der Waals surface area contributed by atoms with E-state index >= 15 is 0 Å². The third-order valence-corrected chi connectivity index (χ3v) is 3.72. The average Bonchev–Trinajstić information content (AvgIpc) is 3.10. The molecule has 1 atom stereocenters. The highest BCUT2D eigenvalue weighted by atomic mass is 16.5. The van der Waals surface area contributed by atoms with Crippen molar-refractivity contribution in [2.75, 3.05) is 26.8 Å². The first kappa shape index (κ1) is 20.0. The van der Waals surface area contributed by atoms with Crippen LogP contribution in [0.15, 0.2) is 36.9 Å². The molecular formula is C19H22N2O6. The Balaban J connectivity index is 1.96. The molecule has 1 aliphatic heterocycles. The largest absolute Gasteiger partial charge is 0.493 e. The highest BCUT2D eigenvalue weighted by Crippen LogP contribution is 2.28. The van der Waals surface area contributed by atoms with Crippen molar-refractivity contribution in [3.05, 3.63) is 42.5 Å². The first-order valence-electron chi connectivity index (χ1n) is 8.36. The summed E-state index contributed by atoms with van der Waals surface area (Å²) in [6.07, 6.45) is 3.29. The smallest absolute Gasteiger partial charge is 0.331 e. The standard InChI is InChI=1S/C19H22N2O6/c1-4-11-26-15-7-5-14(12-16(15)25-3)6-8-17(22)27-13(2)18(23)21-10-9-20-19(21)24/h4-8,12-13H,1,9-11H2,2-3H3,(H,20,24)/b8-6+/t13-/m0/s1. The fraction of sp³-hybridized carbons (Fsp3) is 0.316. The molecule has 8 heteroatoms. The van der Waals surface area contributed by atoms with Gasteiger partial charge in [0.25, 0.3) is 5.91 Å². The number of esters is 1. The van der Waals surface area contributed by atoms with Crippen LogP contribution in [0.5, 0.6) is 11.5 Å². The van der Waals surface area contributed by atoms with E-state index in [9.17, 15) is 14.4 Å². The molecule has 0 spiro atoms. The molecule has 27 heavy (non-hydrogen) atoms. The number of rotatable bonds is 8. The van der Waals surface area contributed by atoms with Gasteiger partial charge in [-0.05, 0) is 30.7 Å². The van der Waals surface area contributed by atoms with Crippen LogP contribution in [0.1, 0.15) is 12.5 Å². The van der Waals surface area contributed by atoms with Gasteiger partial charge in [-0.2, -0.15) is 0 Å². The van der Waals surface area contributed by atoms with Crippen LogP contribution in [0, 0.1) is 0 Å². The molecule has 2 rings (SSSR count). The summed E-state index contributed by atoms with van der Waals surface area (Å²) in [7, 11) is 1.51. The molecule has 0 aromatic heterocycles. The zero-order valence-electron chi connectivity index (χ0n) is 15.3. The number of benzene rings is 1. The van der Waals surface area contributed by atoms with Crippen molar-refractivity contribution < 1.29 is 28.6 Å². The summed E-state index contributed by atoms with van der Waals surface area (Å²) >= 11 is 0. The van der Waals surface area contributed by atoms with Crippen molar-refractivity contribution in [1.29, 1.82) is 0 Å². The molecule has 1 N–H and O–H groups in total. The molecule has 1 aromatic rings. The number of imide groups is 1. The predicted molar refractivity (Wildman–Crippen MR) is 98.4 cm³/mol. The van der Waals surface area contributed by atoms with Gasteiger partial charge in [-0.25, -0.2) is 9.59 Å². The Morgan fingerprint density at radius 2 is 2.15 bits per heavy atom. The summed E-state index contributed by atoms with van der Waals surface area (Å²) in [5.74, 6) is -0.185. The second-order valence-electron chi connectivity index (χ2n) is 5.64. The molecule has 0 bridgehead atoms. The van der Waals surface area contributed by atoms with Gasteiger partial charge in [-0.3, -0.25) is 9.69 Å². The van der Waals surface area contributed by atoms with Crippen LogP contribution in [0.25, 0.3) is 6.08 Å². The molecule has 1 heterocycles. The highest BCUT2D eigenvalue weighted by molar-refractivity contribution is 5.99. The lowest BCUT2D eigenvalue weighted by Gasteiger charge is -2.17. The lowest BCUT2D eigenvalue weighted by Crippen LogP contribution is -2.41. The number of urea groups is 1. The predicted octanol–water partition coefficient (Wildman–Crippen LogP) is 1.76. The zero-order chi connectivity index (χ0) is 19.8. The molecule has 0 aliphatic carbocycles. The summed E-state index contributed by atoms with van der Waals surface area (Å²) in [5.41, 5.74) is 0.688. The van der Waals surface area contributed by atoms with E-state index in [-0.39, 0.29) is 6.54 Å². The van der Waals surface area contributed by atoms with Crippen LogP contribution >= 0.6 is 0 Å². The van der Waals surface area contributed by atoms with Gasteiger partial charge in [0, 0.05) is 19.2 Å². The second kappa shape index (κ2) is 9.42. The van der Waals surface area contributed by atoms with E-state index in [0.717, 1.165) is 4.90 Å². The number of hydrogen-bond acceptors (Lipinski definition) is 6. The fourth-order valence-corrected chi connectivity index (χ4v) is 2.39. The van der Waals surface area contributed by atoms with Crippen LogP contribution in [0.2, 0.25) is 0 Å².